The van der Waals surface area contributed by atoms with Gasteiger partial charge in [0, 0.05) is 32.6 Å². The second kappa shape index (κ2) is 6.61. The molecule has 0 aromatic carbocycles. The van der Waals surface area contributed by atoms with Gasteiger partial charge in [0.25, 0.3) is 5.91 Å². The fourth-order valence-corrected chi connectivity index (χ4v) is 4.49. The lowest BCUT2D eigenvalue weighted by Crippen LogP contribution is -2.58. The summed E-state index contributed by atoms with van der Waals surface area (Å²) >= 11 is 1.49. The Balaban J connectivity index is 1.75. The standard InChI is InChI=1S/C17H25N3O2S/c1-18(2)10-11-20-15(21)6-8-17(20)7-4-9-19(13-17)16(22)14-5-3-12-23-14/h3,5,12H,4,6-11,13H2,1-2H3. The summed E-state index contributed by atoms with van der Waals surface area (Å²) in [5, 5.41) is 1.94. The van der Waals surface area contributed by atoms with Gasteiger partial charge in [-0.15, -0.1) is 11.3 Å². The summed E-state index contributed by atoms with van der Waals surface area (Å²) in [4.78, 5) is 32.0. The highest BCUT2D eigenvalue weighted by Gasteiger charge is 2.48. The van der Waals surface area contributed by atoms with Crippen molar-refractivity contribution in [3.05, 3.63) is 22.4 Å². The van der Waals surface area contributed by atoms with Gasteiger partial charge in [0.05, 0.1) is 10.4 Å². The molecule has 6 heteroatoms. The molecule has 126 valence electrons. The Morgan fingerprint density at radius 1 is 1.39 bits per heavy atom. The molecule has 23 heavy (non-hydrogen) atoms. The molecule has 1 aromatic rings. The van der Waals surface area contributed by atoms with Gasteiger partial charge in [-0.1, -0.05) is 6.07 Å². The van der Waals surface area contributed by atoms with Crippen LogP contribution in [0.3, 0.4) is 0 Å². The van der Waals surface area contributed by atoms with Crippen LogP contribution in [0.5, 0.6) is 0 Å². The van der Waals surface area contributed by atoms with E-state index in [2.05, 4.69) is 9.80 Å². The fourth-order valence-electron chi connectivity index (χ4n) is 3.80. The molecular formula is C17H25N3O2S. The number of amides is 2. The van der Waals surface area contributed by atoms with Gasteiger partial charge in [0.2, 0.25) is 5.91 Å². The summed E-state index contributed by atoms with van der Waals surface area (Å²) in [6.45, 7) is 3.11. The molecule has 3 heterocycles. The van der Waals surface area contributed by atoms with Crippen LogP contribution in [0.15, 0.2) is 17.5 Å². The van der Waals surface area contributed by atoms with Crippen molar-refractivity contribution >= 4 is 23.2 Å². The van der Waals surface area contributed by atoms with Crippen molar-refractivity contribution in [1.82, 2.24) is 14.7 Å². The monoisotopic (exact) mass is 335 g/mol. The van der Waals surface area contributed by atoms with Gasteiger partial charge in [-0.2, -0.15) is 0 Å². The first kappa shape index (κ1) is 16.5. The average Bonchev–Trinajstić information content (AvgIpc) is 3.15. The number of nitrogens with zero attached hydrogens (tertiary/aromatic N) is 3. The van der Waals surface area contributed by atoms with Crippen LogP contribution in [0.4, 0.5) is 0 Å². The van der Waals surface area contributed by atoms with E-state index >= 15 is 0 Å². The summed E-state index contributed by atoms with van der Waals surface area (Å²) in [6, 6.07) is 3.80. The highest BCUT2D eigenvalue weighted by atomic mass is 32.1. The molecule has 1 atom stereocenters. The molecule has 2 aliphatic heterocycles. The molecule has 2 aliphatic rings. The van der Waals surface area contributed by atoms with Gasteiger partial charge < -0.3 is 14.7 Å². The normalized spacial score (nSPS) is 24.9. The SMILES string of the molecule is CN(C)CCN1C(=O)CCC12CCCN(C(=O)c1cccs1)C2. The fraction of sp³-hybridized carbons (Fsp3) is 0.647. The Labute approximate surface area is 141 Å². The van der Waals surface area contributed by atoms with Crippen molar-refractivity contribution in [2.45, 2.75) is 31.2 Å². The molecule has 0 bridgehead atoms. The van der Waals surface area contributed by atoms with E-state index < -0.39 is 0 Å². The van der Waals surface area contributed by atoms with E-state index in [0.717, 1.165) is 43.8 Å². The van der Waals surface area contributed by atoms with Crippen LogP contribution in [0.1, 0.15) is 35.4 Å². The first-order valence-corrected chi connectivity index (χ1v) is 9.18. The van der Waals surface area contributed by atoms with Crippen LogP contribution in [0.25, 0.3) is 0 Å². The minimum absolute atomic E-state index is 0.117. The van der Waals surface area contributed by atoms with Crippen molar-refractivity contribution in [2.75, 3.05) is 40.3 Å². The smallest absolute Gasteiger partial charge is 0.263 e. The van der Waals surface area contributed by atoms with Crippen molar-refractivity contribution in [3.63, 3.8) is 0 Å². The first-order valence-electron chi connectivity index (χ1n) is 8.30. The Hall–Kier alpha value is -1.40. The zero-order valence-electron chi connectivity index (χ0n) is 14.0. The van der Waals surface area contributed by atoms with Crippen molar-refractivity contribution in [1.29, 1.82) is 0 Å². The van der Waals surface area contributed by atoms with E-state index in [0.29, 0.717) is 13.0 Å². The highest BCUT2D eigenvalue weighted by molar-refractivity contribution is 7.12. The maximum Gasteiger partial charge on any atom is 0.263 e. The van der Waals surface area contributed by atoms with Crippen LogP contribution in [-0.4, -0.2) is 72.3 Å². The van der Waals surface area contributed by atoms with Crippen LogP contribution in [0, 0.1) is 0 Å². The molecule has 1 spiro atoms. The van der Waals surface area contributed by atoms with Crippen molar-refractivity contribution < 1.29 is 9.59 Å². The molecule has 2 saturated heterocycles. The Bertz CT molecular complexity index is 572. The quantitative estimate of drug-likeness (QED) is 0.844. The maximum atomic E-state index is 12.7. The number of likely N-dealkylation sites (N-methyl/N-ethyl adjacent to an activating group) is 1. The molecule has 2 amide bonds. The average molecular weight is 335 g/mol. The lowest BCUT2D eigenvalue weighted by Gasteiger charge is -2.46. The van der Waals surface area contributed by atoms with Gasteiger partial charge in [0.15, 0.2) is 0 Å². The van der Waals surface area contributed by atoms with Gasteiger partial charge in [-0.25, -0.2) is 0 Å². The molecule has 0 N–H and O–H groups in total. The number of rotatable bonds is 4. The zero-order valence-corrected chi connectivity index (χ0v) is 14.8. The molecule has 5 nitrogen and oxygen atoms in total. The van der Waals surface area contributed by atoms with E-state index in [-0.39, 0.29) is 17.4 Å². The largest absolute Gasteiger partial charge is 0.336 e. The van der Waals surface area contributed by atoms with Crippen molar-refractivity contribution in [2.24, 2.45) is 0 Å². The third-order valence-electron chi connectivity index (χ3n) is 5.02. The summed E-state index contributed by atoms with van der Waals surface area (Å²) in [6.07, 6.45) is 3.49. The Morgan fingerprint density at radius 2 is 2.22 bits per heavy atom. The maximum absolute atomic E-state index is 12.7. The van der Waals surface area contributed by atoms with E-state index in [1.54, 1.807) is 0 Å². The molecule has 2 fully saturated rings. The lowest BCUT2D eigenvalue weighted by atomic mass is 9.86. The second-order valence-electron chi connectivity index (χ2n) is 6.88. The molecule has 0 radical (unpaired) electrons. The van der Waals surface area contributed by atoms with E-state index in [1.165, 1.54) is 11.3 Å². The zero-order chi connectivity index (χ0) is 16.4. The van der Waals surface area contributed by atoms with Gasteiger partial charge >= 0.3 is 0 Å². The molecule has 0 saturated carbocycles. The number of hydrogen-bond donors (Lipinski definition) is 0. The molecule has 1 aromatic heterocycles. The van der Waals surface area contributed by atoms with Gasteiger partial charge in [0.1, 0.15) is 0 Å². The topological polar surface area (TPSA) is 43.9 Å². The summed E-state index contributed by atoms with van der Waals surface area (Å²) in [5.74, 6) is 0.364. The number of carbonyl (C=O) groups is 2. The predicted molar refractivity (Wildman–Crippen MR) is 91.7 cm³/mol. The van der Waals surface area contributed by atoms with Crippen molar-refractivity contribution in [3.8, 4) is 0 Å². The van der Waals surface area contributed by atoms with Gasteiger partial charge in [-0.05, 0) is 44.8 Å². The number of hydrogen-bond acceptors (Lipinski definition) is 4. The molecule has 0 aliphatic carbocycles. The molecule has 3 rings (SSSR count). The first-order chi connectivity index (χ1) is 11.0. The summed E-state index contributed by atoms with van der Waals surface area (Å²) in [7, 11) is 4.06. The van der Waals surface area contributed by atoms with Crippen LogP contribution >= 0.6 is 11.3 Å². The minimum Gasteiger partial charge on any atom is -0.336 e. The third-order valence-corrected chi connectivity index (χ3v) is 5.88. The van der Waals surface area contributed by atoms with E-state index in [9.17, 15) is 9.59 Å². The number of carbonyl (C=O) groups excluding carboxylic acids is 2. The summed E-state index contributed by atoms with van der Waals surface area (Å²) < 4.78 is 0. The highest BCUT2D eigenvalue weighted by Crippen LogP contribution is 2.38. The molecule has 1 unspecified atom stereocenters. The number of piperidine rings is 1. The second-order valence-corrected chi connectivity index (χ2v) is 7.83. The third kappa shape index (κ3) is 3.28. The predicted octanol–water partition coefficient (Wildman–Crippen LogP) is 1.91. The van der Waals surface area contributed by atoms with Crippen LogP contribution in [-0.2, 0) is 4.79 Å². The van der Waals surface area contributed by atoms with E-state index in [4.69, 9.17) is 0 Å². The van der Waals surface area contributed by atoms with Crippen LogP contribution in [0.2, 0.25) is 0 Å². The minimum atomic E-state index is -0.141. The number of likely N-dealkylation sites (tertiary alicyclic amines) is 2. The van der Waals surface area contributed by atoms with Crippen LogP contribution < -0.4 is 0 Å². The van der Waals surface area contributed by atoms with Gasteiger partial charge in [-0.3, -0.25) is 9.59 Å². The molecular weight excluding hydrogens is 310 g/mol. The lowest BCUT2D eigenvalue weighted by molar-refractivity contribution is -0.132. The Morgan fingerprint density at radius 3 is 2.91 bits per heavy atom. The Kier molecular flexibility index (Phi) is 4.73. The number of thiophene rings is 1. The van der Waals surface area contributed by atoms with E-state index in [1.807, 2.05) is 36.5 Å². The summed E-state index contributed by atoms with van der Waals surface area (Å²) in [5.41, 5.74) is -0.141.